The van der Waals surface area contributed by atoms with E-state index in [4.69, 9.17) is 0 Å². The van der Waals surface area contributed by atoms with Crippen molar-refractivity contribution < 1.29 is 9.90 Å². The van der Waals surface area contributed by atoms with E-state index in [1.807, 2.05) is 25.1 Å². The number of hydrogen-bond donors (Lipinski definition) is 3. The van der Waals surface area contributed by atoms with Crippen LogP contribution in [-0.4, -0.2) is 42.4 Å². The van der Waals surface area contributed by atoms with Crippen molar-refractivity contribution >= 4 is 11.7 Å². The monoisotopic (exact) mass is 303 g/mol. The molecule has 0 radical (unpaired) electrons. The predicted molar refractivity (Wildman–Crippen MR) is 86.9 cm³/mol. The van der Waals surface area contributed by atoms with Crippen LogP contribution in [0.25, 0.3) is 0 Å². The van der Waals surface area contributed by atoms with E-state index >= 15 is 0 Å². The Balaban J connectivity index is 1.51. The summed E-state index contributed by atoms with van der Waals surface area (Å²) >= 11 is 0. The van der Waals surface area contributed by atoms with Gasteiger partial charge in [0.1, 0.15) is 0 Å². The summed E-state index contributed by atoms with van der Waals surface area (Å²) in [6.07, 6.45) is 3.12. The summed E-state index contributed by atoms with van der Waals surface area (Å²) in [5.41, 5.74) is 0.715. The van der Waals surface area contributed by atoms with Crippen molar-refractivity contribution in [3.8, 4) is 0 Å². The summed E-state index contributed by atoms with van der Waals surface area (Å²) < 4.78 is 0. The highest BCUT2D eigenvalue weighted by atomic mass is 16.3. The Hall–Kier alpha value is -1.75. The fourth-order valence-corrected chi connectivity index (χ4v) is 3.22. The molecule has 2 atom stereocenters. The number of aliphatic hydroxyl groups is 1. The van der Waals surface area contributed by atoms with Gasteiger partial charge < -0.3 is 20.6 Å². The molecule has 1 aromatic carbocycles. The molecule has 1 heterocycles. The van der Waals surface area contributed by atoms with Gasteiger partial charge in [0.2, 0.25) is 0 Å². The number of nitrogens with one attached hydrogen (secondary N) is 2. The average molecular weight is 303 g/mol. The van der Waals surface area contributed by atoms with Crippen LogP contribution >= 0.6 is 0 Å². The second-order valence-electron chi connectivity index (χ2n) is 6.72. The summed E-state index contributed by atoms with van der Waals surface area (Å²) in [5, 5.41) is 15.6. The molecule has 0 aromatic heterocycles. The summed E-state index contributed by atoms with van der Waals surface area (Å²) in [5.74, 6) is 0.410. The van der Waals surface area contributed by atoms with E-state index in [-0.39, 0.29) is 18.7 Å². The number of aliphatic hydroxyl groups excluding tert-OH is 1. The fraction of sp³-hybridized carbons (Fsp3) is 0.588. The van der Waals surface area contributed by atoms with Gasteiger partial charge in [-0.3, -0.25) is 0 Å². The number of nitrogens with zero attached hydrogens (tertiary/aromatic N) is 1. The van der Waals surface area contributed by atoms with Gasteiger partial charge in [-0.15, -0.1) is 0 Å². The maximum Gasteiger partial charge on any atom is 0.315 e. The van der Waals surface area contributed by atoms with Gasteiger partial charge in [-0.1, -0.05) is 18.2 Å². The Kier molecular flexibility index (Phi) is 4.25. The smallest absolute Gasteiger partial charge is 0.315 e. The van der Waals surface area contributed by atoms with E-state index in [2.05, 4.69) is 27.7 Å². The van der Waals surface area contributed by atoms with Crippen molar-refractivity contribution in [2.45, 2.75) is 37.8 Å². The molecule has 22 heavy (non-hydrogen) atoms. The normalized spacial score (nSPS) is 23.9. The van der Waals surface area contributed by atoms with Crippen LogP contribution < -0.4 is 15.5 Å². The lowest BCUT2D eigenvalue weighted by Gasteiger charge is -2.29. The first-order valence-electron chi connectivity index (χ1n) is 8.10. The number of carbonyl (C=O) groups is 1. The molecule has 2 amide bonds. The van der Waals surface area contributed by atoms with Crippen LogP contribution in [0, 0.1) is 5.92 Å². The lowest BCUT2D eigenvalue weighted by Crippen LogP contribution is -2.56. The molecule has 120 valence electrons. The number of para-hydroxylation sites is 1. The van der Waals surface area contributed by atoms with Crippen LogP contribution in [0.3, 0.4) is 0 Å². The number of urea groups is 1. The largest absolute Gasteiger partial charge is 0.394 e. The molecule has 3 rings (SSSR count). The lowest BCUT2D eigenvalue weighted by molar-refractivity contribution is 0.154. The Morgan fingerprint density at radius 2 is 2.05 bits per heavy atom. The van der Waals surface area contributed by atoms with Crippen LogP contribution in [0.5, 0.6) is 0 Å². The molecule has 1 aromatic rings. The highest BCUT2D eigenvalue weighted by Crippen LogP contribution is 2.39. The van der Waals surface area contributed by atoms with Crippen LogP contribution in [-0.2, 0) is 0 Å². The number of amides is 2. The van der Waals surface area contributed by atoms with Crippen molar-refractivity contribution in [3.63, 3.8) is 0 Å². The average Bonchev–Trinajstić information content (AvgIpc) is 3.29. The molecule has 1 saturated carbocycles. The van der Waals surface area contributed by atoms with E-state index in [1.54, 1.807) is 0 Å². The van der Waals surface area contributed by atoms with E-state index < -0.39 is 5.54 Å². The Labute approximate surface area is 131 Å². The summed E-state index contributed by atoms with van der Waals surface area (Å²) in [4.78, 5) is 14.5. The molecule has 1 aliphatic heterocycles. The SMILES string of the molecule is CC(CO)(NC(=O)NC1CCN(c2ccccc2)C1)C1CC1. The van der Waals surface area contributed by atoms with Gasteiger partial charge in [-0.2, -0.15) is 0 Å². The third-order valence-electron chi connectivity index (χ3n) is 4.85. The second-order valence-corrected chi connectivity index (χ2v) is 6.72. The number of anilines is 1. The van der Waals surface area contributed by atoms with E-state index in [1.165, 1.54) is 5.69 Å². The number of carbonyl (C=O) groups excluding carboxylic acids is 1. The van der Waals surface area contributed by atoms with Gasteiger partial charge in [0.25, 0.3) is 0 Å². The number of rotatable bonds is 5. The van der Waals surface area contributed by atoms with Gasteiger partial charge >= 0.3 is 6.03 Å². The molecule has 3 N–H and O–H groups in total. The second kappa shape index (κ2) is 6.16. The molecule has 0 spiro atoms. The summed E-state index contributed by atoms with van der Waals surface area (Å²) in [6.45, 7) is 3.70. The zero-order valence-corrected chi connectivity index (χ0v) is 13.1. The highest BCUT2D eigenvalue weighted by molar-refractivity contribution is 5.75. The molecule has 5 heteroatoms. The maximum atomic E-state index is 12.2. The first-order chi connectivity index (χ1) is 10.6. The highest BCUT2D eigenvalue weighted by Gasteiger charge is 2.42. The Morgan fingerprint density at radius 1 is 1.32 bits per heavy atom. The lowest BCUT2D eigenvalue weighted by atomic mass is 9.97. The predicted octanol–water partition coefficient (Wildman–Crippen LogP) is 1.73. The molecule has 2 fully saturated rings. The quantitative estimate of drug-likeness (QED) is 0.776. The number of benzene rings is 1. The minimum absolute atomic E-state index is 0.00804. The standard InChI is InChI=1S/C17H25N3O2/c1-17(12-21,13-7-8-13)19-16(22)18-14-9-10-20(11-14)15-5-3-2-4-6-15/h2-6,13-14,21H,7-12H2,1H3,(H2,18,19,22). The van der Waals surface area contributed by atoms with Crippen molar-refractivity contribution in [1.82, 2.24) is 10.6 Å². The van der Waals surface area contributed by atoms with Crippen LogP contribution in [0.15, 0.2) is 30.3 Å². The summed E-state index contributed by atoms with van der Waals surface area (Å²) in [6, 6.07) is 10.3. The van der Waals surface area contributed by atoms with Crippen molar-refractivity contribution in [1.29, 1.82) is 0 Å². The summed E-state index contributed by atoms with van der Waals surface area (Å²) in [7, 11) is 0. The first kappa shape index (κ1) is 15.2. The van der Waals surface area contributed by atoms with Crippen LogP contribution in [0.2, 0.25) is 0 Å². The van der Waals surface area contributed by atoms with E-state index in [0.29, 0.717) is 5.92 Å². The van der Waals surface area contributed by atoms with Gasteiger partial charge in [-0.25, -0.2) is 4.79 Å². The Morgan fingerprint density at radius 3 is 2.68 bits per heavy atom. The molecular formula is C17H25N3O2. The van der Waals surface area contributed by atoms with Crippen LogP contribution in [0.1, 0.15) is 26.2 Å². The van der Waals surface area contributed by atoms with Gasteiger partial charge in [0.15, 0.2) is 0 Å². The van der Waals surface area contributed by atoms with E-state index in [0.717, 1.165) is 32.4 Å². The first-order valence-corrected chi connectivity index (χ1v) is 8.10. The fourth-order valence-electron chi connectivity index (χ4n) is 3.22. The maximum absolute atomic E-state index is 12.2. The van der Waals surface area contributed by atoms with Gasteiger partial charge in [0, 0.05) is 24.8 Å². The number of hydrogen-bond acceptors (Lipinski definition) is 3. The van der Waals surface area contributed by atoms with E-state index in [9.17, 15) is 9.90 Å². The van der Waals surface area contributed by atoms with Crippen LogP contribution in [0.4, 0.5) is 10.5 Å². The Bertz CT molecular complexity index is 518. The zero-order chi connectivity index (χ0) is 15.6. The molecule has 1 saturated heterocycles. The third kappa shape index (κ3) is 3.35. The van der Waals surface area contributed by atoms with Crippen molar-refractivity contribution in [2.75, 3.05) is 24.6 Å². The molecule has 2 unspecified atom stereocenters. The topological polar surface area (TPSA) is 64.6 Å². The molecule has 1 aliphatic carbocycles. The molecule has 5 nitrogen and oxygen atoms in total. The molecular weight excluding hydrogens is 278 g/mol. The van der Waals surface area contributed by atoms with Gasteiger partial charge in [0.05, 0.1) is 12.1 Å². The minimum atomic E-state index is -0.484. The zero-order valence-electron chi connectivity index (χ0n) is 13.1. The molecule has 2 aliphatic rings. The molecule has 0 bridgehead atoms. The van der Waals surface area contributed by atoms with Gasteiger partial charge in [-0.05, 0) is 44.2 Å². The van der Waals surface area contributed by atoms with Crippen molar-refractivity contribution in [3.05, 3.63) is 30.3 Å². The minimum Gasteiger partial charge on any atom is -0.394 e. The van der Waals surface area contributed by atoms with Crippen molar-refractivity contribution in [2.24, 2.45) is 5.92 Å². The third-order valence-corrected chi connectivity index (χ3v) is 4.85.